The third kappa shape index (κ3) is 4.54. The van der Waals surface area contributed by atoms with Crippen LogP contribution in [0.1, 0.15) is 48.9 Å². The van der Waals surface area contributed by atoms with Gasteiger partial charge in [0.15, 0.2) is 5.11 Å². The molecule has 8 heteroatoms. The van der Waals surface area contributed by atoms with E-state index in [4.69, 9.17) is 28.8 Å². The van der Waals surface area contributed by atoms with Gasteiger partial charge in [0.1, 0.15) is 6.04 Å². The van der Waals surface area contributed by atoms with E-state index in [1.807, 2.05) is 30.6 Å². The molecule has 2 fully saturated rings. The van der Waals surface area contributed by atoms with Gasteiger partial charge in [-0.25, -0.2) is 0 Å². The first-order valence-electron chi connectivity index (χ1n) is 13.1. The zero-order chi connectivity index (χ0) is 26.2. The van der Waals surface area contributed by atoms with E-state index < -0.39 is 0 Å². The van der Waals surface area contributed by atoms with Crippen molar-refractivity contribution in [1.29, 1.82) is 0 Å². The van der Waals surface area contributed by atoms with Crippen molar-refractivity contribution < 1.29 is 0 Å². The maximum atomic E-state index is 6.95. The Morgan fingerprint density at radius 1 is 0.974 bits per heavy atom. The quantitative estimate of drug-likeness (QED) is 0.285. The van der Waals surface area contributed by atoms with E-state index in [2.05, 4.69) is 81.0 Å². The molecule has 2 atom stereocenters. The molecular formula is C30H31ClN6S. The Kier molecular flexibility index (Phi) is 6.80. The number of nitrogens with one attached hydrogen (secondary N) is 1. The second kappa shape index (κ2) is 10.4. The van der Waals surface area contributed by atoms with Crippen molar-refractivity contribution in [2.24, 2.45) is 5.92 Å². The monoisotopic (exact) mass is 542 g/mol. The van der Waals surface area contributed by atoms with Gasteiger partial charge in [-0.2, -0.15) is 0 Å². The van der Waals surface area contributed by atoms with Crippen molar-refractivity contribution in [1.82, 2.24) is 19.9 Å². The number of anilines is 2. The van der Waals surface area contributed by atoms with Gasteiger partial charge in [-0.3, -0.25) is 9.97 Å². The van der Waals surface area contributed by atoms with Gasteiger partial charge in [-0.15, -0.1) is 0 Å². The average Bonchev–Trinajstić information content (AvgIpc) is 3.49. The summed E-state index contributed by atoms with van der Waals surface area (Å²) in [7, 11) is 0. The Balaban J connectivity index is 1.44. The van der Waals surface area contributed by atoms with E-state index in [9.17, 15) is 0 Å². The molecule has 6 rings (SSSR count). The lowest BCUT2D eigenvalue weighted by molar-refractivity contribution is 0.438. The first-order valence-corrected chi connectivity index (χ1v) is 13.9. The molecule has 0 spiro atoms. The molecular weight excluding hydrogens is 512 g/mol. The molecule has 0 radical (unpaired) electrons. The molecule has 0 unspecified atom stereocenters. The summed E-state index contributed by atoms with van der Waals surface area (Å²) in [6.45, 7) is 6.51. The number of hydrogen-bond acceptors (Lipinski definition) is 4. The number of aryl methyl sites for hydroxylation is 1. The van der Waals surface area contributed by atoms with Crippen molar-refractivity contribution in [3.63, 3.8) is 0 Å². The maximum absolute atomic E-state index is 6.95. The molecule has 2 aliphatic heterocycles. The standard InChI is InChI=1S/C30H31ClN6S/c1-20-12-16-35(17-13-20)26-11-9-22(18-24(26)31)37-29(28(34-30(37)38)25-7-3-4-15-33-25)27-10-8-21(2)36(27)23-6-5-14-32-19-23/h3-11,14-15,18-20,28-29H,12-13,16-17H2,1-2H3,(H,34,38)/t28-,29+/m1/s1. The fourth-order valence-corrected chi connectivity index (χ4v) is 6.35. The summed E-state index contributed by atoms with van der Waals surface area (Å²) in [6, 6.07) is 20.4. The van der Waals surface area contributed by atoms with E-state index in [1.54, 1.807) is 6.20 Å². The van der Waals surface area contributed by atoms with Gasteiger partial charge in [-0.1, -0.05) is 24.6 Å². The number of halogens is 1. The van der Waals surface area contributed by atoms with Gasteiger partial charge in [0.05, 0.1) is 34.3 Å². The molecule has 5 heterocycles. The zero-order valence-electron chi connectivity index (χ0n) is 21.6. The lowest BCUT2D eigenvalue weighted by Crippen LogP contribution is -2.33. The summed E-state index contributed by atoms with van der Waals surface area (Å²) in [4.78, 5) is 13.7. The predicted molar refractivity (Wildman–Crippen MR) is 158 cm³/mol. The van der Waals surface area contributed by atoms with Crippen LogP contribution in [0, 0.1) is 12.8 Å². The molecule has 1 aromatic carbocycles. The Hall–Kier alpha value is -3.42. The van der Waals surface area contributed by atoms with Gasteiger partial charge >= 0.3 is 0 Å². The molecule has 2 saturated heterocycles. The highest BCUT2D eigenvalue weighted by molar-refractivity contribution is 7.80. The molecule has 38 heavy (non-hydrogen) atoms. The van der Waals surface area contributed by atoms with Gasteiger partial charge in [0.2, 0.25) is 0 Å². The van der Waals surface area contributed by atoms with Gasteiger partial charge in [0, 0.05) is 42.6 Å². The second-order valence-corrected chi connectivity index (χ2v) is 11.0. The summed E-state index contributed by atoms with van der Waals surface area (Å²) in [6.07, 6.45) is 7.90. The number of aromatic nitrogens is 3. The van der Waals surface area contributed by atoms with Gasteiger partial charge in [0.25, 0.3) is 0 Å². The molecule has 4 aromatic rings. The summed E-state index contributed by atoms with van der Waals surface area (Å²) in [5, 5.41) is 4.97. The van der Waals surface area contributed by atoms with Gasteiger partial charge < -0.3 is 19.7 Å². The van der Waals surface area contributed by atoms with Crippen molar-refractivity contribution in [2.45, 2.75) is 38.8 Å². The van der Waals surface area contributed by atoms with Crippen molar-refractivity contribution in [3.8, 4) is 5.69 Å². The largest absolute Gasteiger partial charge is 0.370 e. The van der Waals surface area contributed by atoms with E-state index >= 15 is 0 Å². The smallest absolute Gasteiger partial charge is 0.174 e. The highest BCUT2D eigenvalue weighted by Gasteiger charge is 2.42. The topological polar surface area (TPSA) is 49.2 Å². The molecule has 194 valence electrons. The molecule has 0 amide bonds. The van der Waals surface area contributed by atoms with Crippen LogP contribution in [-0.4, -0.2) is 32.7 Å². The summed E-state index contributed by atoms with van der Waals surface area (Å²) < 4.78 is 2.25. The Morgan fingerprint density at radius 3 is 2.53 bits per heavy atom. The third-order valence-corrected chi connectivity index (χ3v) is 8.36. The highest BCUT2D eigenvalue weighted by atomic mass is 35.5. The highest BCUT2D eigenvalue weighted by Crippen LogP contribution is 2.44. The fraction of sp³-hybridized carbons (Fsp3) is 0.300. The molecule has 0 aliphatic carbocycles. The van der Waals surface area contributed by atoms with Crippen LogP contribution in [0.25, 0.3) is 5.69 Å². The number of hydrogen-bond donors (Lipinski definition) is 1. The summed E-state index contributed by atoms with van der Waals surface area (Å²) >= 11 is 12.9. The molecule has 6 nitrogen and oxygen atoms in total. The van der Waals surface area contributed by atoms with Crippen LogP contribution in [-0.2, 0) is 0 Å². The van der Waals surface area contributed by atoms with Crippen molar-refractivity contribution in [3.05, 3.63) is 101 Å². The van der Waals surface area contributed by atoms with Crippen LogP contribution < -0.4 is 15.1 Å². The van der Waals surface area contributed by atoms with Crippen molar-refractivity contribution >= 4 is 40.3 Å². The van der Waals surface area contributed by atoms with Crippen molar-refractivity contribution in [2.75, 3.05) is 22.9 Å². The molecule has 2 aliphatic rings. The van der Waals surface area contributed by atoms with Gasteiger partial charge in [-0.05, 0) is 92.5 Å². The SMILES string of the molecule is Cc1ccc([C@H]2[C@@H](c3ccccn3)NC(=S)N2c2ccc(N3CCC(C)CC3)c(Cl)c2)n1-c1cccnc1. The minimum atomic E-state index is -0.149. The first-order chi connectivity index (χ1) is 18.5. The van der Waals surface area contributed by atoms with E-state index in [0.717, 1.165) is 58.2 Å². The van der Waals surface area contributed by atoms with E-state index in [1.165, 1.54) is 12.8 Å². The lowest BCUT2D eigenvalue weighted by Gasteiger charge is -2.33. The van der Waals surface area contributed by atoms with Crippen LogP contribution in [0.5, 0.6) is 0 Å². The van der Waals surface area contributed by atoms with Crippen LogP contribution >= 0.6 is 23.8 Å². The van der Waals surface area contributed by atoms with E-state index in [0.29, 0.717) is 5.11 Å². The third-order valence-electron chi connectivity index (χ3n) is 7.75. The first kappa shape index (κ1) is 24.9. The number of pyridine rings is 2. The predicted octanol–water partition coefficient (Wildman–Crippen LogP) is 6.64. The van der Waals surface area contributed by atoms with Crippen LogP contribution in [0.3, 0.4) is 0 Å². The minimum Gasteiger partial charge on any atom is -0.370 e. The molecule has 0 saturated carbocycles. The number of thiocarbonyl (C=S) groups is 1. The summed E-state index contributed by atoms with van der Waals surface area (Å²) in [5.41, 5.74) is 6.22. The number of nitrogens with zero attached hydrogens (tertiary/aromatic N) is 5. The van der Waals surface area contributed by atoms with Crippen LogP contribution in [0.2, 0.25) is 5.02 Å². The molecule has 1 N–H and O–H groups in total. The Bertz CT molecular complexity index is 1430. The normalized spacial score (nSPS) is 20.1. The number of piperidine rings is 1. The maximum Gasteiger partial charge on any atom is 0.174 e. The second-order valence-electron chi connectivity index (χ2n) is 10.2. The number of rotatable bonds is 5. The molecule has 3 aromatic heterocycles. The average molecular weight is 543 g/mol. The lowest BCUT2D eigenvalue weighted by atomic mass is 9.98. The Morgan fingerprint density at radius 2 is 1.82 bits per heavy atom. The zero-order valence-corrected chi connectivity index (χ0v) is 23.2. The molecule has 0 bridgehead atoms. The Labute approximate surface area is 234 Å². The minimum absolute atomic E-state index is 0.143. The van der Waals surface area contributed by atoms with Crippen LogP contribution in [0.4, 0.5) is 11.4 Å². The van der Waals surface area contributed by atoms with Crippen LogP contribution in [0.15, 0.2) is 79.3 Å². The summed E-state index contributed by atoms with van der Waals surface area (Å²) in [5.74, 6) is 0.765. The number of benzene rings is 1. The fourth-order valence-electron chi connectivity index (χ4n) is 5.71. The van der Waals surface area contributed by atoms with E-state index in [-0.39, 0.29) is 12.1 Å².